The molecule has 1 aromatic carbocycles. The minimum absolute atomic E-state index is 0.174. The van der Waals surface area contributed by atoms with Crippen LogP contribution in [0.4, 0.5) is 0 Å². The number of thiocarbonyl (C=S) groups is 1. The van der Waals surface area contributed by atoms with Crippen LogP contribution in [0.25, 0.3) is 0 Å². The number of nitrogens with zero attached hydrogens (tertiary/aromatic N) is 1. The molecule has 0 aromatic heterocycles. The van der Waals surface area contributed by atoms with Gasteiger partial charge in [0, 0.05) is 18.2 Å². The zero-order valence-corrected chi connectivity index (χ0v) is 12.3. The molecular weight excluding hydrogens is 260 g/mol. The molecule has 1 unspecified atom stereocenters. The highest BCUT2D eigenvalue weighted by atomic mass is 32.1. The second-order valence-corrected chi connectivity index (χ2v) is 5.05. The summed E-state index contributed by atoms with van der Waals surface area (Å²) < 4.78 is 5.66. The van der Waals surface area contributed by atoms with Crippen LogP contribution < -0.4 is 10.5 Å². The Bertz CT molecular complexity index is 412. The van der Waals surface area contributed by atoms with Crippen molar-refractivity contribution in [1.82, 2.24) is 4.90 Å². The van der Waals surface area contributed by atoms with Crippen LogP contribution in [-0.4, -0.2) is 47.8 Å². The van der Waals surface area contributed by atoms with Crippen molar-refractivity contribution in [3.05, 3.63) is 29.8 Å². The fraction of sp³-hybridized carbons (Fsp3) is 0.500. The molecule has 0 amide bonds. The molecule has 3 N–H and O–H groups in total. The van der Waals surface area contributed by atoms with Gasteiger partial charge in [0.15, 0.2) is 0 Å². The quantitative estimate of drug-likeness (QED) is 0.557. The van der Waals surface area contributed by atoms with Crippen LogP contribution in [0.15, 0.2) is 24.3 Å². The zero-order chi connectivity index (χ0) is 14.3. The van der Waals surface area contributed by atoms with Crippen LogP contribution in [0.1, 0.15) is 18.9 Å². The van der Waals surface area contributed by atoms with Crippen molar-refractivity contribution in [2.45, 2.75) is 19.4 Å². The topological polar surface area (TPSA) is 58.7 Å². The zero-order valence-electron chi connectivity index (χ0n) is 11.5. The number of hydrogen-bond donors (Lipinski definition) is 2. The van der Waals surface area contributed by atoms with E-state index in [1.165, 1.54) is 0 Å². The molecule has 0 fully saturated rings. The van der Waals surface area contributed by atoms with Gasteiger partial charge < -0.3 is 20.5 Å². The van der Waals surface area contributed by atoms with E-state index >= 15 is 0 Å². The predicted octanol–water partition coefficient (Wildman–Crippen LogP) is 1.40. The summed E-state index contributed by atoms with van der Waals surface area (Å²) in [5.41, 5.74) is 6.39. The summed E-state index contributed by atoms with van der Waals surface area (Å²) in [5, 5.41) is 9.03. The number of hydrogen-bond acceptors (Lipinski definition) is 4. The second-order valence-electron chi connectivity index (χ2n) is 4.61. The summed E-state index contributed by atoms with van der Waals surface area (Å²) >= 11 is 4.93. The molecule has 1 aromatic rings. The highest BCUT2D eigenvalue weighted by molar-refractivity contribution is 7.80. The normalized spacial score (nSPS) is 12.4. The van der Waals surface area contributed by atoms with E-state index < -0.39 is 0 Å². The van der Waals surface area contributed by atoms with Crippen molar-refractivity contribution in [3.8, 4) is 5.75 Å². The average Bonchev–Trinajstić information content (AvgIpc) is 2.42. The maximum atomic E-state index is 9.03. The monoisotopic (exact) mass is 282 g/mol. The van der Waals surface area contributed by atoms with Crippen molar-refractivity contribution in [3.63, 3.8) is 0 Å². The second kappa shape index (κ2) is 8.09. The van der Waals surface area contributed by atoms with E-state index in [4.69, 9.17) is 27.8 Å². The maximum Gasteiger partial charge on any atom is 0.119 e. The number of benzene rings is 1. The van der Waals surface area contributed by atoms with E-state index in [0.29, 0.717) is 11.6 Å². The first-order valence-corrected chi connectivity index (χ1v) is 6.79. The van der Waals surface area contributed by atoms with Crippen molar-refractivity contribution < 1.29 is 9.84 Å². The van der Waals surface area contributed by atoms with Gasteiger partial charge in [-0.05, 0) is 32.5 Å². The molecule has 1 rings (SSSR count). The van der Waals surface area contributed by atoms with Crippen molar-refractivity contribution >= 4 is 17.2 Å². The van der Waals surface area contributed by atoms with E-state index in [0.717, 1.165) is 24.3 Å². The third-order valence-corrected chi connectivity index (χ3v) is 3.29. The molecule has 1 atom stereocenters. The highest BCUT2D eigenvalue weighted by Gasteiger charge is 2.06. The van der Waals surface area contributed by atoms with Crippen LogP contribution in [0.3, 0.4) is 0 Å². The minimum atomic E-state index is 0.174. The summed E-state index contributed by atoms with van der Waals surface area (Å²) in [6.07, 6.45) is 0.901. The van der Waals surface area contributed by atoms with Gasteiger partial charge in [-0.1, -0.05) is 24.4 Å². The van der Waals surface area contributed by atoms with Crippen molar-refractivity contribution in [2.24, 2.45) is 5.73 Å². The Morgan fingerprint density at radius 1 is 1.53 bits per heavy atom. The van der Waals surface area contributed by atoms with Gasteiger partial charge in [-0.25, -0.2) is 0 Å². The summed E-state index contributed by atoms with van der Waals surface area (Å²) in [6.45, 7) is 3.68. The molecule has 0 aliphatic carbocycles. The molecule has 0 saturated carbocycles. The number of nitrogens with two attached hydrogens (primary N) is 1. The van der Waals surface area contributed by atoms with E-state index in [1.807, 2.05) is 38.2 Å². The smallest absolute Gasteiger partial charge is 0.119 e. The first-order chi connectivity index (χ1) is 9.04. The van der Waals surface area contributed by atoms with Gasteiger partial charge in [-0.15, -0.1) is 0 Å². The third-order valence-electron chi connectivity index (χ3n) is 3.06. The van der Waals surface area contributed by atoms with E-state index in [1.54, 1.807) is 0 Å². The molecule has 0 heterocycles. The van der Waals surface area contributed by atoms with E-state index in [2.05, 4.69) is 4.90 Å². The van der Waals surface area contributed by atoms with Crippen LogP contribution in [0, 0.1) is 0 Å². The molecule has 5 heteroatoms. The Hall–Kier alpha value is -1.17. The molecule has 19 heavy (non-hydrogen) atoms. The van der Waals surface area contributed by atoms with Crippen molar-refractivity contribution in [1.29, 1.82) is 0 Å². The Kier molecular flexibility index (Phi) is 6.77. The molecule has 0 aliphatic heterocycles. The third kappa shape index (κ3) is 5.55. The largest absolute Gasteiger partial charge is 0.494 e. The van der Waals surface area contributed by atoms with Crippen LogP contribution >= 0.6 is 12.2 Å². The Morgan fingerprint density at radius 2 is 2.26 bits per heavy atom. The number of aliphatic hydroxyl groups is 1. The minimum Gasteiger partial charge on any atom is -0.494 e. The van der Waals surface area contributed by atoms with Crippen LogP contribution in [0.2, 0.25) is 0 Å². The lowest BCUT2D eigenvalue weighted by molar-refractivity contribution is 0.151. The van der Waals surface area contributed by atoms with Crippen molar-refractivity contribution in [2.75, 3.05) is 26.8 Å². The standard InChI is InChI=1S/C14H22N2O2S/c1-11(10-17)16(2)7-4-8-18-13-6-3-5-12(9-13)14(15)19/h3,5-6,9,11,17H,4,7-8,10H2,1-2H3,(H2,15,19). The highest BCUT2D eigenvalue weighted by Crippen LogP contribution is 2.13. The predicted molar refractivity (Wildman–Crippen MR) is 81.6 cm³/mol. The lowest BCUT2D eigenvalue weighted by Gasteiger charge is -2.22. The fourth-order valence-electron chi connectivity index (χ4n) is 1.60. The van der Waals surface area contributed by atoms with Gasteiger partial charge in [-0.3, -0.25) is 0 Å². The Morgan fingerprint density at radius 3 is 2.89 bits per heavy atom. The van der Waals surface area contributed by atoms with Crippen LogP contribution in [0.5, 0.6) is 5.75 Å². The number of rotatable bonds is 8. The number of aliphatic hydroxyl groups excluding tert-OH is 1. The summed E-state index contributed by atoms with van der Waals surface area (Å²) in [6, 6.07) is 7.66. The summed E-state index contributed by atoms with van der Waals surface area (Å²) in [4.78, 5) is 2.48. The van der Waals surface area contributed by atoms with Gasteiger partial charge >= 0.3 is 0 Å². The lowest BCUT2D eigenvalue weighted by Crippen LogP contribution is -2.33. The molecule has 0 saturated heterocycles. The fourth-order valence-corrected chi connectivity index (χ4v) is 1.73. The van der Waals surface area contributed by atoms with E-state index in [-0.39, 0.29) is 12.6 Å². The summed E-state index contributed by atoms with van der Waals surface area (Å²) in [7, 11) is 1.99. The number of ether oxygens (including phenoxy) is 1. The molecule has 0 bridgehead atoms. The van der Waals surface area contributed by atoms with E-state index in [9.17, 15) is 0 Å². The van der Waals surface area contributed by atoms with Gasteiger partial charge in [-0.2, -0.15) is 0 Å². The molecular formula is C14H22N2O2S. The lowest BCUT2D eigenvalue weighted by atomic mass is 10.2. The SMILES string of the molecule is CC(CO)N(C)CCCOc1cccc(C(N)=S)c1. The molecule has 106 valence electrons. The molecule has 0 spiro atoms. The van der Waals surface area contributed by atoms with Gasteiger partial charge in [0.2, 0.25) is 0 Å². The molecule has 4 nitrogen and oxygen atoms in total. The maximum absolute atomic E-state index is 9.03. The van der Waals surface area contributed by atoms with Gasteiger partial charge in [0.1, 0.15) is 10.7 Å². The average molecular weight is 282 g/mol. The molecule has 0 radical (unpaired) electrons. The Balaban J connectivity index is 2.33. The van der Waals surface area contributed by atoms with Crippen LogP contribution in [-0.2, 0) is 0 Å². The first kappa shape index (κ1) is 15.9. The first-order valence-electron chi connectivity index (χ1n) is 6.38. The van der Waals surface area contributed by atoms with Gasteiger partial charge in [0.25, 0.3) is 0 Å². The number of likely N-dealkylation sites (N-methyl/N-ethyl adjacent to an activating group) is 1. The summed E-state index contributed by atoms with van der Waals surface area (Å²) in [5.74, 6) is 0.781. The Labute approximate surface area is 120 Å². The molecule has 0 aliphatic rings. The van der Waals surface area contributed by atoms with Gasteiger partial charge in [0.05, 0.1) is 13.2 Å².